The first-order chi connectivity index (χ1) is 19.1. The van der Waals surface area contributed by atoms with Gasteiger partial charge in [-0.2, -0.15) is 4.31 Å². The number of ether oxygens (including phenoxy) is 2. The molecule has 8 nitrogen and oxygen atoms in total. The lowest BCUT2D eigenvalue weighted by molar-refractivity contribution is 0.110. The smallest absolute Gasteiger partial charge is 0.243 e. The van der Waals surface area contributed by atoms with Crippen molar-refractivity contribution in [1.29, 1.82) is 0 Å². The van der Waals surface area contributed by atoms with Crippen LogP contribution in [0.5, 0.6) is 11.5 Å². The Labute approximate surface area is 246 Å². The molecular formula is C29H34Cl2N4O4S. The zero-order chi connectivity index (χ0) is 28.6. The fraction of sp³-hybridized carbons (Fsp3) is 0.414. The maximum atomic E-state index is 13.7. The minimum absolute atomic E-state index is 0.0560. The summed E-state index contributed by atoms with van der Waals surface area (Å²) in [5.41, 5.74) is 9.11. The summed E-state index contributed by atoms with van der Waals surface area (Å²) in [5, 5.41) is 1.19. The van der Waals surface area contributed by atoms with Crippen molar-refractivity contribution < 1.29 is 17.9 Å². The van der Waals surface area contributed by atoms with Crippen molar-refractivity contribution in [3.8, 4) is 11.5 Å². The number of benzene rings is 2. The van der Waals surface area contributed by atoms with Gasteiger partial charge in [0.2, 0.25) is 10.0 Å². The van der Waals surface area contributed by atoms with Crippen LogP contribution in [0.2, 0.25) is 10.0 Å². The van der Waals surface area contributed by atoms with Gasteiger partial charge in [0.05, 0.1) is 22.7 Å². The van der Waals surface area contributed by atoms with Gasteiger partial charge >= 0.3 is 0 Å². The number of aromatic nitrogens is 1. The first kappa shape index (κ1) is 29.1. The van der Waals surface area contributed by atoms with Crippen molar-refractivity contribution in [2.24, 2.45) is 5.73 Å². The van der Waals surface area contributed by atoms with E-state index in [2.05, 4.69) is 9.88 Å². The fourth-order valence-corrected chi connectivity index (χ4v) is 7.89. The summed E-state index contributed by atoms with van der Waals surface area (Å²) < 4.78 is 41.4. The lowest BCUT2D eigenvalue weighted by Crippen LogP contribution is -2.39. The molecule has 0 radical (unpaired) electrons. The second-order valence-electron chi connectivity index (χ2n) is 10.6. The second kappa shape index (κ2) is 11.8. The van der Waals surface area contributed by atoms with Crippen molar-refractivity contribution in [3.05, 3.63) is 81.1 Å². The summed E-state index contributed by atoms with van der Waals surface area (Å²) in [4.78, 5) is 6.52. The molecule has 0 bridgehead atoms. The van der Waals surface area contributed by atoms with Gasteiger partial charge < -0.3 is 20.1 Å². The van der Waals surface area contributed by atoms with Gasteiger partial charge in [0.1, 0.15) is 24.2 Å². The minimum atomic E-state index is -3.73. The molecule has 0 amide bonds. The van der Waals surface area contributed by atoms with E-state index in [-0.39, 0.29) is 29.7 Å². The monoisotopic (exact) mass is 604 g/mol. The molecule has 1 aliphatic heterocycles. The van der Waals surface area contributed by atoms with Gasteiger partial charge in [-0.05, 0) is 87.8 Å². The lowest BCUT2D eigenvalue weighted by atomic mass is 10.1. The molecule has 5 rings (SSSR count). The average molecular weight is 606 g/mol. The number of halogens is 2. The highest BCUT2D eigenvalue weighted by Crippen LogP contribution is 2.43. The van der Waals surface area contributed by atoms with Crippen LogP contribution in [0.15, 0.2) is 53.6 Å². The Kier molecular flexibility index (Phi) is 8.61. The van der Waals surface area contributed by atoms with E-state index >= 15 is 0 Å². The van der Waals surface area contributed by atoms with Gasteiger partial charge in [-0.15, -0.1) is 0 Å². The van der Waals surface area contributed by atoms with Crippen molar-refractivity contribution in [3.63, 3.8) is 0 Å². The number of nitrogens with two attached hydrogens (primary N) is 1. The van der Waals surface area contributed by atoms with E-state index in [0.29, 0.717) is 34.6 Å². The number of sulfonamides is 1. The van der Waals surface area contributed by atoms with Gasteiger partial charge in [-0.3, -0.25) is 4.98 Å². The third-order valence-electron chi connectivity index (χ3n) is 7.70. The summed E-state index contributed by atoms with van der Waals surface area (Å²) in [6.45, 7) is 2.88. The Morgan fingerprint density at radius 1 is 1.15 bits per heavy atom. The maximum absolute atomic E-state index is 13.7. The molecule has 2 heterocycles. The average Bonchev–Trinajstić information content (AvgIpc) is 3.54. The van der Waals surface area contributed by atoms with Crippen LogP contribution in [0.3, 0.4) is 0 Å². The largest absolute Gasteiger partial charge is 0.492 e. The molecule has 3 atom stereocenters. The van der Waals surface area contributed by atoms with E-state index in [9.17, 15) is 8.42 Å². The van der Waals surface area contributed by atoms with Gasteiger partial charge in [0.15, 0.2) is 0 Å². The zero-order valence-electron chi connectivity index (χ0n) is 22.8. The molecule has 0 saturated carbocycles. The van der Waals surface area contributed by atoms with Gasteiger partial charge in [0.25, 0.3) is 0 Å². The number of fused-ring (bicyclic) bond motifs is 1. The summed E-state index contributed by atoms with van der Waals surface area (Å²) in [6, 6.07) is 12.0. The van der Waals surface area contributed by atoms with Crippen LogP contribution in [0.25, 0.3) is 0 Å². The van der Waals surface area contributed by atoms with E-state index in [1.165, 1.54) is 0 Å². The standard InChI is InChI=1S/C29H34Cl2N4O4S/c1-18-11-23(40(36,37)35-10-4-5-21(35)17-38-22-8-9-33-20(14-22)16-32)6-7-28(18)39-29-25-12-19(30)13-26(31)24(25)15-27(29)34(2)3/h6-9,11-14,21,27,29H,4-5,10,15-17,32H2,1-3H3/t21?,27-,29-/m0/s1. The number of aryl methyl sites for hydroxylation is 1. The molecule has 1 aromatic heterocycles. The van der Waals surface area contributed by atoms with E-state index in [1.807, 2.05) is 27.1 Å². The van der Waals surface area contributed by atoms with Crippen LogP contribution in [0.4, 0.5) is 0 Å². The van der Waals surface area contributed by atoms with Crippen molar-refractivity contribution in [2.45, 2.75) is 55.8 Å². The third kappa shape index (κ3) is 5.82. The Bertz CT molecular complexity index is 1500. The molecular weight excluding hydrogens is 571 g/mol. The normalized spacial score (nSPS) is 21.1. The van der Waals surface area contributed by atoms with Crippen molar-refractivity contribution in [1.82, 2.24) is 14.2 Å². The molecule has 40 heavy (non-hydrogen) atoms. The topological polar surface area (TPSA) is 98.0 Å². The highest BCUT2D eigenvalue weighted by Gasteiger charge is 2.39. The number of hydrogen-bond donors (Lipinski definition) is 1. The number of likely N-dealkylation sites (N-methyl/N-ethyl adjacent to an activating group) is 1. The van der Waals surface area contributed by atoms with Gasteiger partial charge in [-0.1, -0.05) is 23.2 Å². The summed E-state index contributed by atoms with van der Waals surface area (Å²) in [7, 11) is 0.280. The second-order valence-corrected chi connectivity index (χ2v) is 13.3. The molecule has 1 fully saturated rings. The zero-order valence-corrected chi connectivity index (χ0v) is 25.1. The predicted molar refractivity (Wildman–Crippen MR) is 157 cm³/mol. The first-order valence-electron chi connectivity index (χ1n) is 13.3. The van der Waals surface area contributed by atoms with Crippen LogP contribution >= 0.6 is 23.2 Å². The van der Waals surface area contributed by atoms with E-state index < -0.39 is 10.0 Å². The molecule has 1 saturated heterocycles. The molecule has 11 heteroatoms. The Morgan fingerprint density at radius 2 is 1.95 bits per heavy atom. The van der Waals surface area contributed by atoms with E-state index in [1.54, 1.807) is 46.9 Å². The van der Waals surface area contributed by atoms with E-state index in [4.69, 9.17) is 38.4 Å². The highest BCUT2D eigenvalue weighted by atomic mass is 35.5. The molecule has 2 N–H and O–H groups in total. The summed E-state index contributed by atoms with van der Waals surface area (Å²) in [5.74, 6) is 1.25. The maximum Gasteiger partial charge on any atom is 0.243 e. The Morgan fingerprint density at radius 3 is 2.67 bits per heavy atom. The van der Waals surface area contributed by atoms with Crippen LogP contribution in [0.1, 0.15) is 41.3 Å². The van der Waals surface area contributed by atoms with Crippen molar-refractivity contribution in [2.75, 3.05) is 27.2 Å². The minimum Gasteiger partial charge on any atom is -0.492 e. The number of nitrogens with zero attached hydrogens (tertiary/aromatic N) is 3. The summed E-state index contributed by atoms with van der Waals surface area (Å²) in [6.07, 6.45) is 3.58. The molecule has 2 aromatic carbocycles. The number of hydrogen-bond acceptors (Lipinski definition) is 7. The van der Waals surface area contributed by atoms with Crippen LogP contribution in [0, 0.1) is 6.92 Å². The fourth-order valence-electron chi connectivity index (χ4n) is 5.54. The Hall–Kier alpha value is -2.40. The molecule has 214 valence electrons. The van der Waals surface area contributed by atoms with Crippen molar-refractivity contribution >= 4 is 33.2 Å². The van der Waals surface area contributed by atoms with Crippen LogP contribution in [-0.2, 0) is 23.0 Å². The molecule has 3 aromatic rings. The predicted octanol–water partition coefficient (Wildman–Crippen LogP) is 4.99. The summed E-state index contributed by atoms with van der Waals surface area (Å²) >= 11 is 12.8. The van der Waals surface area contributed by atoms with Crippen LogP contribution < -0.4 is 15.2 Å². The Balaban J connectivity index is 1.34. The quantitative estimate of drug-likeness (QED) is 0.367. The first-order valence-corrected chi connectivity index (χ1v) is 15.5. The van der Waals surface area contributed by atoms with Gasteiger partial charge in [-0.25, -0.2) is 8.42 Å². The third-order valence-corrected chi connectivity index (χ3v) is 10.2. The van der Waals surface area contributed by atoms with Crippen LogP contribution in [-0.4, -0.2) is 61.9 Å². The molecule has 2 aliphatic rings. The number of pyridine rings is 1. The number of rotatable bonds is 9. The highest BCUT2D eigenvalue weighted by molar-refractivity contribution is 7.89. The lowest BCUT2D eigenvalue weighted by Gasteiger charge is -2.28. The van der Waals surface area contributed by atoms with Gasteiger partial charge in [0, 0.05) is 41.0 Å². The molecule has 0 spiro atoms. The molecule has 1 aliphatic carbocycles. The SMILES string of the molecule is Cc1cc(S(=O)(=O)N2CCCC2COc2ccnc(CN)c2)ccc1O[C@H]1c2cc(Cl)cc(Cl)c2C[C@@H]1N(C)C. The van der Waals surface area contributed by atoms with E-state index in [0.717, 1.165) is 41.6 Å². The molecule has 1 unspecified atom stereocenters.